The second-order valence-electron chi connectivity index (χ2n) is 7.59. The molecule has 1 aromatic heterocycles. The lowest BCUT2D eigenvalue weighted by Gasteiger charge is -2.28. The smallest absolute Gasteiger partial charge is 0.162 e. The molecule has 0 spiro atoms. The van der Waals surface area contributed by atoms with Gasteiger partial charge in [-0.15, -0.1) is 0 Å². The fraction of sp³-hybridized carbons (Fsp3) is 0.364. The molecule has 0 saturated carbocycles. The molecule has 3 rings (SSSR count). The van der Waals surface area contributed by atoms with Crippen LogP contribution in [0.4, 0.5) is 5.82 Å². The van der Waals surface area contributed by atoms with Crippen molar-refractivity contribution in [3.63, 3.8) is 0 Å². The lowest BCUT2D eigenvalue weighted by atomic mass is 10.1. The Bertz CT molecular complexity index is 862. The van der Waals surface area contributed by atoms with Gasteiger partial charge in [0.25, 0.3) is 0 Å². The molecule has 4 heteroatoms. The van der Waals surface area contributed by atoms with Gasteiger partial charge in [-0.1, -0.05) is 51.4 Å². The minimum absolute atomic E-state index is 0.557. The third-order valence-corrected chi connectivity index (χ3v) is 4.41. The Labute approximate surface area is 161 Å². The molecule has 0 bridgehead atoms. The van der Waals surface area contributed by atoms with Gasteiger partial charge in [-0.3, -0.25) is 0 Å². The normalized spacial score (nSPS) is 11.5. The second-order valence-corrected chi connectivity index (χ2v) is 8.02. The van der Waals surface area contributed by atoms with Crippen molar-refractivity contribution in [2.45, 2.75) is 27.7 Å². The van der Waals surface area contributed by atoms with Crippen LogP contribution in [-0.2, 0) is 0 Å². The Morgan fingerprint density at radius 3 is 2.08 bits per heavy atom. The van der Waals surface area contributed by atoms with Crippen molar-refractivity contribution >= 4 is 28.3 Å². The molecular weight excluding hydrogens is 342 g/mol. The monoisotopic (exact) mass is 367 g/mol. The van der Waals surface area contributed by atoms with Crippen molar-refractivity contribution in [3.8, 4) is 11.4 Å². The molecule has 0 saturated heterocycles. The van der Waals surface area contributed by atoms with Crippen molar-refractivity contribution in [1.29, 1.82) is 0 Å². The first kappa shape index (κ1) is 18.7. The molecule has 0 radical (unpaired) electrons. The van der Waals surface area contributed by atoms with Crippen LogP contribution in [0.25, 0.3) is 22.3 Å². The first-order valence-corrected chi connectivity index (χ1v) is 9.59. The summed E-state index contributed by atoms with van der Waals surface area (Å²) in [5.74, 6) is 2.87. The van der Waals surface area contributed by atoms with Gasteiger partial charge in [0.05, 0.1) is 5.52 Å². The number of aromatic nitrogens is 2. The SMILES string of the molecule is CC(C)CN(CC(C)C)c1nc(-c2ccc(Cl)cc2)nc2ccccc12. The van der Waals surface area contributed by atoms with Crippen LogP contribution in [0.2, 0.25) is 5.02 Å². The average Bonchev–Trinajstić information content (AvgIpc) is 2.60. The van der Waals surface area contributed by atoms with Gasteiger partial charge in [-0.2, -0.15) is 0 Å². The standard InChI is InChI=1S/C22H26ClN3/c1-15(2)13-26(14-16(3)4)22-19-7-5-6-8-20(19)24-21(25-22)17-9-11-18(23)12-10-17/h5-12,15-16H,13-14H2,1-4H3. The molecule has 0 aliphatic heterocycles. The quantitative estimate of drug-likeness (QED) is 0.529. The van der Waals surface area contributed by atoms with E-state index in [9.17, 15) is 0 Å². The van der Waals surface area contributed by atoms with E-state index in [1.165, 1.54) is 0 Å². The second kappa shape index (κ2) is 8.05. The lowest BCUT2D eigenvalue weighted by molar-refractivity contribution is 0.550. The first-order valence-electron chi connectivity index (χ1n) is 9.21. The van der Waals surface area contributed by atoms with E-state index in [2.05, 4.69) is 50.8 Å². The van der Waals surface area contributed by atoms with Crippen molar-refractivity contribution < 1.29 is 0 Å². The Hall–Kier alpha value is -2.13. The first-order chi connectivity index (χ1) is 12.4. The predicted molar refractivity (Wildman–Crippen MR) is 112 cm³/mol. The molecular formula is C22H26ClN3. The highest BCUT2D eigenvalue weighted by molar-refractivity contribution is 6.30. The van der Waals surface area contributed by atoms with E-state index < -0.39 is 0 Å². The number of para-hydroxylation sites is 1. The van der Waals surface area contributed by atoms with E-state index in [1.807, 2.05) is 30.3 Å². The van der Waals surface area contributed by atoms with Gasteiger partial charge >= 0.3 is 0 Å². The third-order valence-electron chi connectivity index (χ3n) is 4.16. The minimum Gasteiger partial charge on any atom is -0.355 e. The average molecular weight is 368 g/mol. The zero-order valence-electron chi connectivity index (χ0n) is 15.9. The molecule has 0 unspecified atom stereocenters. The van der Waals surface area contributed by atoms with E-state index in [-0.39, 0.29) is 0 Å². The van der Waals surface area contributed by atoms with Crippen LogP contribution in [0.5, 0.6) is 0 Å². The number of benzene rings is 2. The van der Waals surface area contributed by atoms with Crippen LogP contribution < -0.4 is 4.90 Å². The fourth-order valence-electron chi connectivity index (χ4n) is 3.16. The molecule has 3 aromatic rings. The van der Waals surface area contributed by atoms with Crippen molar-refractivity contribution in [1.82, 2.24) is 9.97 Å². The Morgan fingerprint density at radius 2 is 1.46 bits per heavy atom. The zero-order chi connectivity index (χ0) is 18.7. The highest BCUT2D eigenvalue weighted by Gasteiger charge is 2.17. The summed E-state index contributed by atoms with van der Waals surface area (Å²) < 4.78 is 0. The van der Waals surface area contributed by atoms with Gasteiger partial charge in [0.15, 0.2) is 5.82 Å². The highest BCUT2D eigenvalue weighted by atomic mass is 35.5. The van der Waals surface area contributed by atoms with Crippen LogP contribution >= 0.6 is 11.6 Å². The summed E-state index contributed by atoms with van der Waals surface area (Å²) in [5.41, 5.74) is 1.95. The van der Waals surface area contributed by atoms with E-state index in [0.717, 1.165) is 46.2 Å². The predicted octanol–water partition coefficient (Wildman–Crippen LogP) is 6.07. The summed E-state index contributed by atoms with van der Waals surface area (Å²) >= 11 is 6.04. The van der Waals surface area contributed by atoms with Crippen LogP contribution in [0.3, 0.4) is 0 Å². The molecule has 0 N–H and O–H groups in total. The summed E-state index contributed by atoms with van der Waals surface area (Å²) in [6.07, 6.45) is 0. The highest BCUT2D eigenvalue weighted by Crippen LogP contribution is 2.29. The fourth-order valence-corrected chi connectivity index (χ4v) is 3.28. The molecule has 26 heavy (non-hydrogen) atoms. The molecule has 0 aliphatic rings. The number of hydrogen-bond acceptors (Lipinski definition) is 3. The minimum atomic E-state index is 0.557. The van der Waals surface area contributed by atoms with E-state index in [0.29, 0.717) is 11.8 Å². The van der Waals surface area contributed by atoms with E-state index >= 15 is 0 Å². The molecule has 1 heterocycles. The number of halogens is 1. The molecule has 0 fully saturated rings. The molecule has 3 nitrogen and oxygen atoms in total. The van der Waals surface area contributed by atoms with Crippen LogP contribution in [0, 0.1) is 11.8 Å². The van der Waals surface area contributed by atoms with Crippen molar-refractivity contribution in [3.05, 3.63) is 53.6 Å². The number of fused-ring (bicyclic) bond motifs is 1. The van der Waals surface area contributed by atoms with Crippen molar-refractivity contribution in [2.75, 3.05) is 18.0 Å². The molecule has 2 aromatic carbocycles. The number of rotatable bonds is 6. The number of anilines is 1. The van der Waals surface area contributed by atoms with Gasteiger partial charge in [-0.05, 0) is 48.2 Å². The molecule has 0 atom stereocenters. The molecule has 0 aliphatic carbocycles. The van der Waals surface area contributed by atoms with Crippen LogP contribution in [0.15, 0.2) is 48.5 Å². The Kier molecular flexibility index (Phi) is 5.77. The topological polar surface area (TPSA) is 29.0 Å². The summed E-state index contributed by atoms with van der Waals surface area (Å²) in [5, 5.41) is 1.82. The molecule has 0 amide bonds. The summed E-state index contributed by atoms with van der Waals surface area (Å²) in [6.45, 7) is 10.9. The molecule has 136 valence electrons. The number of hydrogen-bond donors (Lipinski definition) is 0. The van der Waals surface area contributed by atoms with Gasteiger partial charge in [-0.25, -0.2) is 9.97 Å². The largest absolute Gasteiger partial charge is 0.355 e. The van der Waals surface area contributed by atoms with Crippen LogP contribution in [-0.4, -0.2) is 23.1 Å². The van der Waals surface area contributed by atoms with Gasteiger partial charge < -0.3 is 4.90 Å². The Balaban J connectivity index is 2.16. The number of nitrogens with zero attached hydrogens (tertiary/aromatic N) is 3. The third kappa shape index (κ3) is 4.34. The van der Waals surface area contributed by atoms with Gasteiger partial charge in [0, 0.05) is 29.1 Å². The maximum absolute atomic E-state index is 6.04. The van der Waals surface area contributed by atoms with Crippen molar-refractivity contribution in [2.24, 2.45) is 11.8 Å². The lowest BCUT2D eigenvalue weighted by Crippen LogP contribution is -2.32. The zero-order valence-corrected chi connectivity index (χ0v) is 16.7. The maximum atomic E-state index is 6.04. The Morgan fingerprint density at radius 1 is 0.846 bits per heavy atom. The van der Waals surface area contributed by atoms with Gasteiger partial charge in [0.2, 0.25) is 0 Å². The summed E-state index contributed by atoms with van der Waals surface area (Å²) in [7, 11) is 0. The maximum Gasteiger partial charge on any atom is 0.162 e. The van der Waals surface area contributed by atoms with Gasteiger partial charge in [0.1, 0.15) is 5.82 Å². The summed E-state index contributed by atoms with van der Waals surface area (Å²) in [4.78, 5) is 12.2. The van der Waals surface area contributed by atoms with Crippen LogP contribution in [0.1, 0.15) is 27.7 Å². The van der Waals surface area contributed by atoms with E-state index in [4.69, 9.17) is 21.6 Å². The van der Waals surface area contributed by atoms with E-state index in [1.54, 1.807) is 0 Å². The summed E-state index contributed by atoms with van der Waals surface area (Å²) in [6, 6.07) is 16.0.